The number of nitrogens with zero attached hydrogens (tertiary/aromatic N) is 4. The first-order chi connectivity index (χ1) is 12.6. The summed E-state index contributed by atoms with van der Waals surface area (Å²) in [6.45, 7) is 5.50. The lowest BCUT2D eigenvalue weighted by atomic mass is 10.1. The number of fused-ring (bicyclic) bond motifs is 1. The van der Waals surface area contributed by atoms with Gasteiger partial charge in [0, 0.05) is 32.6 Å². The molecule has 2 saturated heterocycles. The van der Waals surface area contributed by atoms with Crippen LogP contribution in [0.5, 0.6) is 0 Å². The van der Waals surface area contributed by atoms with Crippen molar-refractivity contribution in [3.63, 3.8) is 0 Å². The molecule has 1 N–H and O–H groups in total. The van der Waals surface area contributed by atoms with Gasteiger partial charge in [0.05, 0.1) is 5.39 Å². The highest BCUT2D eigenvalue weighted by molar-refractivity contribution is 6.08. The number of anilines is 1. The fraction of sp³-hybridized carbons (Fsp3) is 0.500. The Balaban J connectivity index is 1.56. The molecule has 138 valence electrons. The third-order valence-corrected chi connectivity index (χ3v) is 5.04. The number of benzene rings is 1. The molecule has 0 unspecified atom stereocenters. The second-order valence-corrected chi connectivity index (χ2v) is 7.02. The normalized spacial score (nSPS) is 20.4. The molecular weight excluding hydrogens is 334 g/mol. The van der Waals surface area contributed by atoms with Crippen molar-refractivity contribution in [3.05, 3.63) is 23.8 Å². The summed E-state index contributed by atoms with van der Waals surface area (Å²) in [6, 6.07) is 5.54. The topological polar surface area (TPSA) is 81.9 Å². The van der Waals surface area contributed by atoms with Gasteiger partial charge in [0.2, 0.25) is 5.91 Å². The Bertz CT molecular complexity index is 833. The van der Waals surface area contributed by atoms with Crippen molar-refractivity contribution in [1.29, 1.82) is 0 Å². The van der Waals surface area contributed by atoms with Gasteiger partial charge in [-0.1, -0.05) is 11.2 Å². The minimum Gasteiger partial charge on any atom is -0.354 e. The zero-order chi connectivity index (χ0) is 18.1. The van der Waals surface area contributed by atoms with Crippen molar-refractivity contribution in [2.24, 2.45) is 0 Å². The maximum absolute atomic E-state index is 12.1. The molecule has 3 amide bonds. The lowest BCUT2D eigenvalue weighted by Crippen LogP contribution is -2.49. The highest BCUT2D eigenvalue weighted by Crippen LogP contribution is 2.28. The summed E-state index contributed by atoms with van der Waals surface area (Å²) in [5, 5.41) is 7.20. The van der Waals surface area contributed by atoms with Gasteiger partial charge in [-0.25, -0.2) is 4.79 Å². The van der Waals surface area contributed by atoms with Gasteiger partial charge in [0.15, 0.2) is 11.4 Å². The van der Waals surface area contributed by atoms with Crippen LogP contribution in [-0.4, -0.2) is 66.7 Å². The van der Waals surface area contributed by atoms with Gasteiger partial charge in [0.1, 0.15) is 0 Å². The number of imide groups is 1. The van der Waals surface area contributed by atoms with Crippen LogP contribution in [0.2, 0.25) is 0 Å². The lowest BCUT2D eigenvalue weighted by Gasteiger charge is -2.24. The highest BCUT2D eigenvalue weighted by atomic mass is 16.5. The van der Waals surface area contributed by atoms with Gasteiger partial charge in [0.25, 0.3) is 0 Å². The first-order valence-corrected chi connectivity index (χ1v) is 9.01. The van der Waals surface area contributed by atoms with E-state index < -0.39 is 6.03 Å². The number of carbonyl (C=O) groups is 2. The Morgan fingerprint density at radius 1 is 1.15 bits per heavy atom. The van der Waals surface area contributed by atoms with Gasteiger partial charge >= 0.3 is 6.03 Å². The molecule has 2 fully saturated rings. The van der Waals surface area contributed by atoms with Crippen LogP contribution in [0.4, 0.5) is 10.6 Å². The molecule has 0 bridgehead atoms. The molecule has 0 atom stereocenters. The average molecular weight is 357 g/mol. The quantitative estimate of drug-likeness (QED) is 0.894. The van der Waals surface area contributed by atoms with Crippen molar-refractivity contribution in [1.82, 2.24) is 20.3 Å². The van der Waals surface area contributed by atoms with Crippen LogP contribution in [0.15, 0.2) is 22.7 Å². The predicted molar refractivity (Wildman–Crippen MR) is 96.9 cm³/mol. The first kappa shape index (κ1) is 17.0. The zero-order valence-corrected chi connectivity index (χ0v) is 14.9. The highest BCUT2D eigenvalue weighted by Gasteiger charge is 2.28. The van der Waals surface area contributed by atoms with E-state index in [1.807, 2.05) is 18.2 Å². The molecule has 2 aliphatic rings. The molecule has 8 nitrogen and oxygen atoms in total. The second kappa shape index (κ2) is 7.05. The molecule has 1 aromatic carbocycles. The molecular formula is C18H23N5O3. The molecule has 4 rings (SSSR count). The molecule has 26 heavy (non-hydrogen) atoms. The van der Waals surface area contributed by atoms with Gasteiger partial charge in [-0.05, 0) is 44.3 Å². The van der Waals surface area contributed by atoms with Crippen molar-refractivity contribution < 1.29 is 14.1 Å². The zero-order valence-electron chi connectivity index (χ0n) is 14.9. The molecule has 0 aliphatic carbocycles. The Kier molecular flexibility index (Phi) is 4.60. The number of hydrogen-bond acceptors (Lipinski definition) is 6. The van der Waals surface area contributed by atoms with Crippen molar-refractivity contribution in [2.75, 3.05) is 44.7 Å². The summed E-state index contributed by atoms with van der Waals surface area (Å²) in [6.07, 6.45) is 1.43. The smallest absolute Gasteiger partial charge is 0.329 e. The molecule has 3 heterocycles. The van der Waals surface area contributed by atoms with Gasteiger partial charge in [-0.2, -0.15) is 0 Å². The Labute approximate surface area is 151 Å². The van der Waals surface area contributed by atoms with E-state index in [0.717, 1.165) is 38.1 Å². The summed E-state index contributed by atoms with van der Waals surface area (Å²) in [5.41, 5.74) is 1.81. The van der Waals surface area contributed by atoms with Crippen molar-refractivity contribution in [2.45, 2.75) is 19.4 Å². The van der Waals surface area contributed by atoms with Gasteiger partial charge in [-0.3, -0.25) is 19.9 Å². The molecule has 0 saturated carbocycles. The number of rotatable bonds is 3. The SMILES string of the molecule is CN1CCCN(Cc2ccc3onc(N4CCC(=O)NC4=O)c3c2)CC1. The van der Waals surface area contributed by atoms with E-state index in [1.54, 1.807) is 0 Å². The summed E-state index contributed by atoms with van der Waals surface area (Å²) in [5.74, 6) is 0.216. The fourth-order valence-electron chi connectivity index (χ4n) is 3.55. The van der Waals surface area contributed by atoms with Crippen molar-refractivity contribution in [3.8, 4) is 0 Å². The van der Waals surface area contributed by atoms with E-state index in [0.29, 0.717) is 17.9 Å². The fourth-order valence-corrected chi connectivity index (χ4v) is 3.55. The number of likely N-dealkylation sites (N-methyl/N-ethyl adjacent to an activating group) is 1. The number of carbonyl (C=O) groups excluding carboxylic acids is 2. The van der Waals surface area contributed by atoms with Crippen LogP contribution in [0.1, 0.15) is 18.4 Å². The van der Waals surface area contributed by atoms with Crippen LogP contribution in [0.3, 0.4) is 0 Å². The second-order valence-electron chi connectivity index (χ2n) is 7.02. The Morgan fingerprint density at radius 3 is 2.88 bits per heavy atom. The van der Waals surface area contributed by atoms with Crippen LogP contribution in [0, 0.1) is 0 Å². The standard InChI is InChI=1S/C18H23N5O3/c1-21-6-2-7-22(10-9-21)12-13-3-4-15-14(11-13)17(20-26-15)23-8-5-16(24)19-18(23)25/h3-4,11H,2,5-10,12H2,1H3,(H,19,24,25). The Hall–Kier alpha value is -2.45. The maximum atomic E-state index is 12.1. The van der Waals surface area contributed by atoms with Gasteiger partial charge in [-0.15, -0.1) is 0 Å². The van der Waals surface area contributed by atoms with Crippen LogP contribution >= 0.6 is 0 Å². The number of amides is 3. The summed E-state index contributed by atoms with van der Waals surface area (Å²) < 4.78 is 5.38. The summed E-state index contributed by atoms with van der Waals surface area (Å²) in [4.78, 5) is 29.8. The number of aromatic nitrogens is 1. The van der Waals surface area contributed by atoms with Crippen LogP contribution in [-0.2, 0) is 11.3 Å². The van der Waals surface area contributed by atoms with E-state index in [9.17, 15) is 9.59 Å². The third-order valence-electron chi connectivity index (χ3n) is 5.04. The molecule has 0 spiro atoms. The van der Waals surface area contributed by atoms with E-state index in [4.69, 9.17) is 4.52 Å². The predicted octanol–water partition coefficient (Wildman–Crippen LogP) is 1.41. The minimum atomic E-state index is -0.447. The van der Waals surface area contributed by atoms with Crippen molar-refractivity contribution >= 4 is 28.7 Å². The maximum Gasteiger partial charge on any atom is 0.329 e. The van der Waals surface area contributed by atoms with Crippen LogP contribution in [0.25, 0.3) is 11.0 Å². The first-order valence-electron chi connectivity index (χ1n) is 9.01. The largest absolute Gasteiger partial charge is 0.354 e. The number of nitrogens with one attached hydrogen (secondary N) is 1. The molecule has 1 aromatic heterocycles. The minimum absolute atomic E-state index is 0.258. The molecule has 2 aliphatic heterocycles. The summed E-state index contributed by atoms with van der Waals surface area (Å²) in [7, 11) is 2.16. The number of urea groups is 1. The third kappa shape index (κ3) is 3.42. The number of hydrogen-bond donors (Lipinski definition) is 1. The van der Waals surface area contributed by atoms with Crippen LogP contribution < -0.4 is 10.2 Å². The molecule has 0 radical (unpaired) electrons. The monoisotopic (exact) mass is 357 g/mol. The van der Waals surface area contributed by atoms with E-state index >= 15 is 0 Å². The lowest BCUT2D eigenvalue weighted by molar-refractivity contribution is -0.120. The molecule has 2 aromatic rings. The van der Waals surface area contributed by atoms with E-state index in [-0.39, 0.29) is 12.3 Å². The average Bonchev–Trinajstić information content (AvgIpc) is 2.91. The van der Waals surface area contributed by atoms with Gasteiger partial charge < -0.3 is 9.42 Å². The van der Waals surface area contributed by atoms with E-state index in [2.05, 4.69) is 27.3 Å². The summed E-state index contributed by atoms with van der Waals surface area (Å²) >= 11 is 0. The Morgan fingerprint density at radius 2 is 2.04 bits per heavy atom. The molecule has 8 heteroatoms. The van der Waals surface area contributed by atoms with E-state index in [1.165, 1.54) is 16.9 Å².